The van der Waals surface area contributed by atoms with E-state index in [4.69, 9.17) is 0 Å². The lowest BCUT2D eigenvalue weighted by atomic mass is 9.94. The molecule has 0 aromatic carbocycles. The molecular weight excluding hydrogens is 158 g/mol. The van der Waals surface area contributed by atoms with Gasteiger partial charge in [0.2, 0.25) is 0 Å². The van der Waals surface area contributed by atoms with Gasteiger partial charge in [0.25, 0.3) is 0 Å². The van der Waals surface area contributed by atoms with Crippen LogP contribution in [0.4, 0.5) is 0 Å². The number of nitrogens with one attached hydrogen (secondary N) is 1. The number of hydrogen-bond acceptors (Lipinski definition) is 1. The lowest BCUT2D eigenvalue weighted by Gasteiger charge is -2.17. The molecule has 1 atom stereocenters. The molecule has 13 heavy (non-hydrogen) atoms. The largest absolute Gasteiger partial charge is 0.316 e. The Hall–Kier alpha value is -0.300. The van der Waals surface area contributed by atoms with Gasteiger partial charge in [-0.2, -0.15) is 0 Å². The van der Waals surface area contributed by atoms with Crippen LogP contribution in [0.5, 0.6) is 0 Å². The molecule has 0 fully saturated rings. The smallest absolute Gasteiger partial charge is 0.00174 e. The van der Waals surface area contributed by atoms with Crippen LogP contribution >= 0.6 is 0 Å². The summed E-state index contributed by atoms with van der Waals surface area (Å²) < 4.78 is 0. The summed E-state index contributed by atoms with van der Waals surface area (Å²) in [5.41, 5.74) is 0. The standard InChI is InChI=1S/C12H23N/c1-2-3-7-10-13-11-12-8-5-4-6-9-12/h4-5,12-13H,2-3,6-11H2,1H3. The molecule has 1 aliphatic carbocycles. The van der Waals surface area contributed by atoms with Crippen molar-refractivity contribution in [2.24, 2.45) is 5.92 Å². The highest BCUT2D eigenvalue weighted by atomic mass is 14.8. The highest BCUT2D eigenvalue weighted by Crippen LogP contribution is 2.16. The number of hydrogen-bond donors (Lipinski definition) is 1. The van der Waals surface area contributed by atoms with Gasteiger partial charge < -0.3 is 5.32 Å². The summed E-state index contributed by atoms with van der Waals surface area (Å²) in [6, 6.07) is 0. The average molecular weight is 181 g/mol. The van der Waals surface area contributed by atoms with Crippen LogP contribution in [0.1, 0.15) is 45.4 Å². The fraction of sp³-hybridized carbons (Fsp3) is 0.833. The Kier molecular flexibility index (Phi) is 5.92. The summed E-state index contributed by atoms with van der Waals surface area (Å²) in [4.78, 5) is 0. The molecule has 0 aliphatic heterocycles. The van der Waals surface area contributed by atoms with Crippen molar-refractivity contribution >= 4 is 0 Å². The van der Waals surface area contributed by atoms with Gasteiger partial charge in [-0.3, -0.25) is 0 Å². The molecule has 0 amide bonds. The molecule has 0 saturated heterocycles. The monoisotopic (exact) mass is 181 g/mol. The van der Waals surface area contributed by atoms with E-state index in [1.807, 2.05) is 0 Å². The molecule has 0 aromatic rings. The van der Waals surface area contributed by atoms with Gasteiger partial charge in [-0.1, -0.05) is 31.9 Å². The summed E-state index contributed by atoms with van der Waals surface area (Å²) >= 11 is 0. The van der Waals surface area contributed by atoms with Gasteiger partial charge >= 0.3 is 0 Å². The molecule has 0 bridgehead atoms. The second-order valence-electron chi connectivity index (χ2n) is 4.06. The van der Waals surface area contributed by atoms with Crippen molar-refractivity contribution in [1.29, 1.82) is 0 Å². The zero-order valence-electron chi connectivity index (χ0n) is 8.89. The van der Waals surface area contributed by atoms with E-state index in [2.05, 4.69) is 24.4 Å². The molecule has 76 valence electrons. The van der Waals surface area contributed by atoms with Crippen molar-refractivity contribution in [3.63, 3.8) is 0 Å². The molecule has 0 radical (unpaired) electrons. The fourth-order valence-corrected chi connectivity index (χ4v) is 1.85. The summed E-state index contributed by atoms with van der Waals surface area (Å²) in [5, 5.41) is 3.56. The highest BCUT2D eigenvalue weighted by molar-refractivity contribution is 4.90. The van der Waals surface area contributed by atoms with E-state index in [-0.39, 0.29) is 0 Å². The Balaban J connectivity index is 1.90. The third-order valence-corrected chi connectivity index (χ3v) is 2.77. The first-order chi connectivity index (χ1) is 6.43. The number of unbranched alkanes of at least 4 members (excludes halogenated alkanes) is 2. The van der Waals surface area contributed by atoms with Crippen LogP contribution in [-0.2, 0) is 0 Å². The molecule has 0 saturated carbocycles. The highest BCUT2D eigenvalue weighted by Gasteiger charge is 2.08. The van der Waals surface area contributed by atoms with Gasteiger partial charge in [0.15, 0.2) is 0 Å². The first-order valence-corrected chi connectivity index (χ1v) is 5.79. The predicted molar refractivity (Wildman–Crippen MR) is 58.9 cm³/mol. The van der Waals surface area contributed by atoms with Gasteiger partial charge in [-0.15, -0.1) is 0 Å². The topological polar surface area (TPSA) is 12.0 Å². The maximum Gasteiger partial charge on any atom is -0.00174 e. The summed E-state index contributed by atoms with van der Waals surface area (Å²) in [7, 11) is 0. The fourth-order valence-electron chi connectivity index (χ4n) is 1.85. The maximum atomic E-state index is 3.56. The lowest BCUT2D eigenvalue weighted by molar-refractivity contribution is 0.437. The van der Waals surface area contributed by atoms with Crippen LogP contribution in [0.15, 0.2) is 12.2 Å². The Labute approximate surface area is 82.6 Å². The van der Waals surface area contributed by atoms with Gasteiger partial charge in [0.05, 0.1) is 0 Å². The van der Waals surface area contributed by atoms with Crippen LogP contribution in [0.25, 0.3) is 0 Å². The van der Waals surface area contributed by atoms with Crippen LogP contribution in [0.2, 0.25) is 0 Å². The van der Waals surface area contributed by atoms with E-state index >= 15 is 0 Å². The van der Waals surface area contributed by atoms with Gasteiger partial charge in [-0.25, -0.2) is 0 Å². The second kappa shape index (κ2) is 7.14. The van der Waals surface area contributed by atoms with E-state index in [1.165, 1.54) is 51.6 Å². The molecular formula is C12H23N. The maximum absolute atomic E-state index is 3.56. The summed E-state index contributed by atoms with van der Waals surface area (Å²) in [6.07, 6.45) is 12.7. The SMILES string of the molecule is CCCCCNCC1CC=CCC1. The van der Waals surface area contributed by atoms with Crippen LogP contribution in [0, 0.1) is 5.92 Å². The van der Waals surface area contributed by atoms with Gasteiger partial charge in [0, 0.05) is 0 Å². The minimum atomic E-state index is 0.909. The minimum Gasteiger partial charge on any atom is -0.316 e. The molecule has 0 heterocycles. The zero-order chi connectivity index (χ0) is 9.36. The molecule has 0 aromatic heterocycles. The summed E-state index contributed by atoms with van der Waals surface area (Å²) in [6.45, 7) is 4.70. The van der Waals surface area contributed by atoms with Crippen LogP contribution in [-0.4, -0.2) is 13.1 Å². The Bertz CT molecular complexity index is 140. The van der Waals surface area contributed by atoms with Crippen LogP contribution in [0.3, 0.4) is 0 Å². The molecule has 1 N–H and O–H groups in total. The predicted octanol–water partition coefficient (Wildman–Crippen LogP) is 3.12. The van der Waals surface area contributed by atoms with E-state index < -0.39 is 0 Å². The first-order valence-electron chi connectivity index (χ1n) is 5.79. The van der Waals surface area contributed by atoms with E-state index in [0.717, 1.165) is 5.92 Å². The average Bonchev–Trinajstić information content (AvgIpc) is 2.19. The van der Waals surface area contributed by atoms with Crippen molar-refractivity contribution < 1.29 is 0 Å². The van der Waals surface area contributed by atoms with Crippen LogP contribution < -0.4 is 5.32 Å². The lowest BCUT2D eigenvalue weighted by Crippen LogP contribution is -2.24. The third kappa shape index (κ3) is 5.09. The zero-order valence-corrected chi connectivity index (χ0v) is 8.89. The molecule has 1 aliphatic rings. The number of allylic oxidation sites excluding steroid dienone is 2. The van der Waals surface area contributed by atoms with Crippen molar-refractivity contribution in [3.8, 4) is 0 Å². The second-order valence-corrected chi connectivity index (χ2v) is 4.06. The Morgan fingerprint density at radius 1 is 1.31 bits per heavy atom. The van der Waals surface area contributed by atoms with Crippen molar-refractivity contribution in [1.82, 2.24) is 5.32 Å². The minimum absolute atomic E-state index is 0.909. The van der Waals surface area contributed by atoms with E-state index in [0.29, 0.717) is 0 Å². The molecule has 1 heteroatoms. The van der Waals surface area contributed by atoms with Gasteiger partial charge in [-0.05, 0) is 44.7 Å². The normalized spacial score (nSPS) is 22.1. The third-order valence-electron chi connectivity index (χ3n) is 2.77. The summed E-state index contributed by atoms with van der Waals surface area (Å²) in [5.74, 6) is 0.909. The van der Waals surface area contributed by atoms with E-state index in [9.17, 15) is 0 Å². The first kappa shape index (κ1) is 10.8. The molecule has 0 spiro atoms. The molecule has 1 nitrogen and oxygen atoms in total. The Morgan fingerprint density at radius 2 is 2.23 bits per heavy atom. The number of rotatable bonds is 6. The van der Waals surface area contributed by atoms with E-state index in [1.54, 1.807) is 0 Å². The molecule has 1 unspecified atom stereocenters. The Morgan fingerprint density at radius 3 is 2.92 bits per heavy atom. The van der Waals surface area contributed by atoms with Crippen molar-refractivity contribution in [3.05, 3.63) is 12.2 Å². The molecule has 1 rings (SSSR count). The van der Waals surface area contributed by atoms with Crippen molar-refractivity contribution in [2.75, 3.05) is 13.1 Å². The van der Waals surface area contributed by atoms with Crippen molar-refractivity contribution in [2.45, 2.75) is 45.4 Å². The van der Waals surface area contributed by atoms with Gasteiger partial charge in [0.1, 0.15) is 0 Å². The quantitative estimate of drug-likeness (QED) is 0.490.